The van der Waals surface area contributed by atoms with Gasteiger partial charge in [-0.2, -0.15) is 8.78 Å². The molecule has 0 aliphatic rings. The normalized spacial score (nSPS) is 11.4. The molecule has 2 aromatic rings. The maximum absolute atomic E-state index is 12.4. The molecule has 0 N–H and O–H groups in total. The molecule has 0 atom stereocenters. The number of aromatic nitrogens is 2. The second-order valence-electron chi connectivity index (χ2n) is 5.34. The number of halogens is 2. The van der Waals surface area contributed by atoms with Crippen LogP contribution in [0.3, 0.4) is 0 Å². The van der Waals surface area contributed by atoms with Crippen LogP contribution >= 0.6 is 0 Å². The Balaban J connectivity index is 2.21. The van der Waals surface area contributed by atoms with Crippen molar-refractivity contribution in [2.24, 2.45) is 7.05 Å². The number of aryl methyl sites for hydroxylation is 4. The van der Waals surface area contributed by atoms with Crippen molar-refractivity contribution < 1.29 is 18.3 Å². The zero-order valence-electron chi connectivity index (χ0n) is 13.4. The number of hydrogen-bond acceptors (Lipinski definition) is 3. The number of carbonyl (C=O) groups is 1. The van der Waals surface area contributed by atoms with E-state index in [2.05, 4.69) is 9.72 Å². The largest absolute Gasteiger partial charge is 0.434 e. The Morgan fingerprint density at radius 1 is 1.26 bits per heavy atom. The van der Waals surface area contributed by atoms with Gasteiger partial charge in [0.05, 0.1) is 0 Å². The average molecular weight is 320 g/mol. The minimum absolute atomic E-state index is 0.170. The van der Waals surface area contributed by atoms with E-state index in [4.69, 9.17) is 0 Å². The molecule has 0 amide bonds. The third-order valence-corrected chi connectivity index (χ3v) is 3.48. The summed E-state index contributed by atoms with van der Waals surface area (Å²) in [5.41, 5.74) is 2.28. The third kappa shape index (κ3) is 4.03. The predicted molar refractivity (Wildman–Crippen MR) is 83.9 cm³/mol. The Morgan fingerprint density at radius 3 is 2.35 bits per heavy atom. The van der Waals surface area contributed by atoms with E-state index in [9.17, 15) is 13.6 Å². The number of benzene rings is 1. The first-order valence-corrected chi connectivity index (χ1v) is 7.06. The van der Waals surface area contributed by atoms with Gasteiger partial charge in [-0.1, -0.05) is 6.08 Å². The van der Waals surface area contributed by atoms with Crippen LogP contribution in [0.5, 0.6) is 5.75 Å². The number of ether oxygens (including phenoxy) is 1. The number of rotatable bonds is 5. The van der Waals surface area contributed by atoms with Crippen LogP contribution in [0.1, 0.15) is 33.0 Å². The van der Waals surface area contributed by atoms with E-state index in [0.717, 1.165) is 11.4 Å². The van der Waals surface area contributed by atoms with Crippen molar-refractivity contribution in [1.29, 1.82) is 0 Å². The van der Waals surface area contributed by atoms with E-state index in [1.54, 1.807) is 42.8 Å². The highest BCUT2D eigenvalue weighted by Crippen LogP contribution is 2.27. The first-order chi connectivity index (χ1) is 10.8. The lowest BCUT2D eigenvalue weighted by molar-refractivity contribution is -0.0507. The first kappa shape index (κ1) is 16.9. The molecule has 1 aromatic heterocycles. The number of carbonyl (C=O) groups excluding carboxylic acids is 1. The van der Waals surface area contributed by atoms with Crippen molar-refractivity contribution in [3.8, 4) is 5.75 Å². The van der Waals surface area contributed by atoms with Gasteiger partial charge in [-0.3, -0.25) is 4.79 Å². The third-order valence-electron chi connectivity index (χ3n) is 3.48. The molecule has 0 spiro atoms. The predicted octanol–water partition coefficient (Wildman–Crippen LogP) is 3.84. The molecule has 0 aliphatic carbocycles. The Morgan fingerprint density at radius 2 is 1.87 bits per heavy atom. The van der Waals surface area contributed by atoms with Crippen molar-refractivity contribution in [3.63, 3.8) is 0 Å². The van der Waals surface area contributed by atoms with Crippen molar-refractivity contribution >= 4 is 11.9 Å². The van der Waals surface area contributed by atoms with E-state index >= 15 is 0 Å². The number of nitrogens with zero attached hydrogens (tertiary/aromatic N) is 2. The van der Waals surface area contributed by atoms with E-state index in [1.807, 2.05) is 14.0 Å². The van der Waals surface area contributed by atoms with Gasteiger partial charge in [0.25, 0.3) is 0 Å². The highest BCUT2D eigenvalue weighted by atomic mass is 19.3. The van der Waals surface area contributed by atoms with Gasteiger partial charge in [-0.15, -0.1) is 0 Å². The van der Waals surface area contributed by atoms with Crippen LogP contribution in [0.2, 0.25) is 0 Å². The molecule has 0 radical (unpaired) electrons. The fourth-order valence-electron chi connectivity index (χ4n) is 2.29. The summed E-state index contributed by atoms with van der Waals surface area (Å²) in [6.07, 6.45) is 4.72. The van der Waals surface area contributed by atoms with Crippen LogP contribution in [0.4, 0.5) is 8.78 Å². The van der Waals surface area contributed by atoms with Gasteiger partial charge in [-0.05, 0) is 55.7 Å². The van der Waals surface area contributed by atoms with Crippen LogP contribution in [0.25, 0.3) is 6.08 Å². The summed E-state index contributed by atoms with van der Waals surface area (Å²) >= 11 is 0. The minimum atomic E-state index is -2.86. The molecule has 0 fully saturated rings. The van der Waals surface area contributed by atoms with Crippen LogP contribution in [-0.2, 0) is 7.05 Å². The number of alkyl halides is 2. The Kier molecular flexibility index (Phi) is 4.93. The number of ketones is 1. The second kappa shape index (κ2) is 6.73. The fraction of sp³-hybridized carbons (Fsp3) is 0.294. The van der Waals surface area contributed by atoms with Crippen LogP contribution in [-0.4, -0.2) is 21.9 Å². The van der Waals surface area contributed by atoms with Crippen LogP contribution in [0.15, 0.2) is 24.4 Å². The van der Waals surface area contributed by atoms with Gasteiger partial charge >= 0.3 is 6.61 Å². The van der Waals surface area contributed by atoms with E-state index < -0.39 is 6.61 Å². The molecule has 0 saturated carbocycles. The van der Waals surface area contributed by atoms with Gasteiger partial charge in [0, 0.05) is 13.2 Å². The number of imidazole rings is 1. The number of hydrogen-bond donors (Lipinski definition) is 0. The monoisotopic (exact) mass is 320 g/mol. The zero-order chi connectivity index (χ0) is 17.1. The summed E-state index contributed by atoms with van der Waals surface area (Å²) in [5.74, 6) is 0.711. The summed E-state index contributed by atoms with van der Waals surface area (Å²) in [6, 6.07) is 3.39. The van der Waals surface area contributed by atoms with Crippen molar-refractivity contribution in [2.45, 2.75) is 27.4 Å². The highest BCUT2D eigenvalue weighted by molar-refractivity contribution is 6.05. The molecule has 0 aliphatic heterocycles. The van der Waals surface area contributed by atoms with E-state index in [-0.39, 0.29) is 11.5 Å². The highest BCUT2D eigenvalue weighted by Gasteiger charge is 2.11. The average Bonchev–Trinajstić information content (AvgIpc) is 2.80. The van der Waals surface area contributed by atoms with E-state index in [0.29, 0.717) is 16.8 Å². The Bertz CT molecular complexity index is 721. The molecule has 0 unspecified atom stereocenters. The molecular weight excluding hydrogens is 302 g/mol. The molecule has 4 nitrogen and oxygen atoms in total. The van der Waals surface area contributed by atoms with E-state index in [1.165, 1.54) is 6.08 Å². The topological polar surface area (TPSA) is 44.1 Å². The summed E-state index contributed by atoms with van der Waals surface area (Å²) in [7, 11) is 1.82. The molecule has 1 heterocycles. The van der Waals surface area contributed by atoms with Gasteiger partial charge in [0.1, 0.15) is 17.3 Å². The van der Waals surface area contributed by atoms with Gasteiger partial charge in [0.2, 0.25) is 5.78 Å². The molecule has 0 bridgehead atoms. The van der Waals surface area contributed by atoms with Gasteiger partial charge < -0.3 is 9.30 Å². The SMILES string of the molecule is Cc1cc(C=CC(=O)c2cn(C)c(C)n2)cc(C)c1OC(F)F. The quantitative estimate of drug-likeness (QED) is 0.621. The molecule has 0 saturated heterocycles. The summed E-state index contributed by atoms with van der Waals surface area (Å²) in [5, 5.41) is 0. The lowest BCUT2D eigenvalue weighted by atomic mass is 10.0. The number of allylic oxidation sites excluding steroid dienone is 1. The molecule has 2 rings (SSSR count). The molecule has 23 heavy (non-hydrogen) atoms. The van der Waals surface area contributed by atoms with Crippen molar-refractivity contribution in [3.05, 3.63) is 52.6 Å². The van der Waals surface area contributed by atoms with Crippen molar-refractivity contribution in [1.82, 2.24) is 9.55 Å². The van der Waals surface area contributed by atoms with Crippen LogP contribution < -0.4 is 4.74 Å². The van der Waals surface area contributed by atoms with Crippen molar-refractivity contribution in [2.75, 3.05) is 0 Å². The summed E-state index contributed by atoms with van der Waals surface area (Å²) < 4.78 is 31.0. The molecule has 122 valence electrons. The molecule has 6 heteroatoms. The summed E-state index contributed by atoms with van der Waals surface area (Å²) in [6.45, 7) is 2.33. The molecule has 1 aromatic carbocycles. The molecular formula is C17H18F2N2O2. The van der Waals surface area contributed by atoms with Gasteiger partial charge in [0.15, 0.2) is 0 Å². The fourth-order valence-corrected chi connectivity index (χ4v) is 2.29. The standard InChI is InChI=1S/C17H18F2N2O2/c1-10-7-13(8-11(2)16(10)23-17(18)19)5-6-15(22)14-9-21(4)12(3)20-14/h5-9,17H,1-4H3. The summed E-state index contributed by atoms with van der Waals surface area (Å²) in [4.78, 5) is 16.2. The van der Waals surface area contributed by atoms with Gasteiger partial charge in [-0.25, -0.2) is 4.98 Å². The minimum Gasteiger partial charge on any atom is -0.434 e. The maximum Gasteiger partial charge on any atom is 0.387 e. The Hall–Kier alpha value is -2.50. The first-order valence-electron chi connectivity index (χ1n) is 7.06. The lowest BCUT2D eigenvalue weighted by Gasteiger charge is -2.12. The zero-order valence-corrected chi connectivity index (χ0v) is 13.4. The lowest BCUT2D eigenvalue weighted by Crippen LogP contribution is -2.05. The Labute approximate surface area is 133 Å². The maximum atomic E-state index is 12.4. The second-order valence-corrected chi connectivity index (χ2v) is 5.34. The van der Waals surface area contributed by atoms with Crippen LogP contribution in [0, 0.1) is 20.8 Å². The smallest absolute Gasteiger partial charge is 0.387 e.